The molecule has 0 saturated heterocycles. The van der Waals surface area contributed by atoms with Crippen LogP contribution in [0.2, 0.25) is 0 Å². The van der Waals surface area contributed by atoms with Crippen LogP contribution in [-0.2, 0) is 17.8 Å². The van der Waals surface area contributed by atoms with Gasteiger partial charge in [0, 0.05) is 19.9 Å². The molecule has 0 amide bonds. The first-order chi connectivity index (χ1) is 9.78. The van der Waals surface area contributed by atoms with E-state index in [9.17, 15) is 0 Å². The van der Waals surface area contributed by atoms with Crippen molar-refractivity contribution in [1.82, 2.24) is 19.3 Å². The first-order valence-corrected chi connectivity index (χ1v) is 6.49. The van der Waals surface area contributed by atoms with Crippen LogP contribution >= 0.6 is 0 Å². The Morgan fingerprint density at radius 3 is 2.90 bits per heavy atom. The summed E-state index contributed by atoms with van der Waals surface area (Å²) in [7, 11) is 1.70. The highest BCUT2D eigenvalue weighted by Gasteiger charge is 2.11. The number of nitrogens with zero attached hydrogens (tertiary/aromatic N) is 4. The van der Waals surface area contributed by atoms with Crippen molar-refractivity contribution < 1.29 is 4.74 Å². The molecule has 2 N–H and O–H groups in total. The predicted octanol–water partition coefficient (Wildman–Crippen LogP) is 1.51. The number of para-hydroxylation sites is 2. The predicted molar refractivity (Wildman–Crippen MR) is 77.4 cm³/mol. The van der Waals surface area contributed by atoms with Crippen LogP contribution in [0.15, 0.2) is 36.7 Å². The average molecular weight is 271 g/mol. The van der Waals surface area contributed by atoms with E-state index in [2.05, 4.69) is 20.7 Å². The summed E-state index contributed by atoms with van der Waals surface area (Å²) in [6, 6.07) is 8.09. The minimum absolute atomic E-state index is 0.593. The number of methoxy groups -OCH3 is 1. The Kier molecular flexibility index (Phi) is 3.39. The molecule has 0 bridgehead atoms. The van der Waals surface area contributed by atoms with Crippen molar-refractivity contribution >= 4 is 16.7 Å². The van der Waals surface area contributed by atoms with E-state index < -0.39 is 0 Å². The molecule has 0 aliphatic carbocycles. The molecule has 0 atom stereocenters. The number of rotatable bonds is 5. The van der Waals surface area contributed by atoms with Gasteiger partial charge in [-0.25, -0.2) is 4.98 Å². The monoisotopic (exact) mass is 271 g/mol. The van der Waals surface area contributed by atoms with E-state index in [1.165, 1.54) is 0 Å². The average Bonchev–Trinajstić information content (AvgIpc) is 3.00. The van der Waals surface area contributed by atoms with Gasteiger partial charge < -0.3 is 15.0 Å². The molecule has 0 aliphatic heterocycles. The molecular weight excluding hydrogens is 254 g/mol. The Morgan fingerprint density at radius 2 is 2.15 bits per heavy atom. The zero-order chi connectivity index (χ0) is 13.9. The summed E-state index contributed by atoms with van der Waals surface area (Å²) in [6.07, 6.45) is 3.45. The normalized spacial score (nSPS) is 11.2. The minimum Gasteiger partial charge on any atom is -0.396 e. The van der Waals surface area contributed by atoms with Gasteiger partial charge in [-0.2, -0.15) is 5.10 Å². The number of nitrogen functional groups attached to an aromatic ring is 1. The van der Waals surface area contributed by atoms with Crippen LogP contribution in [0.25, 0.3) is 11.0 Å². The van der Waals surface area contributed by atoms with Crippen LogP contribution in [0.3, 0.4) is 0 Å². The second-order valence-corrected chi connectivity index (χ2v) is 4.63. The highest BCUT2D eigenvalue weighted by atomic mass is 16.5. The van der Waals surface area contributed by atoms with Gasteiger partial charge in [-0.3, -0.25) is 4.68 Å². The van der Waals surface area contributed by atoms with Gasteiger partial charge in [0.2, 0.25) is 0 Å². The van der Waals surface area contributed by atoms with Gasteiger partial charge in [0.25, 0.3) is 0 Å². The van der Waals surface area contributed by atoms with Crippen LogP contribution in [0, 0.1) is 0 Å². The van der Waals surface area contributed by atoms with Gasteiger partial charge in [0.05, 0.1) is 36.1 Å². The molecule has 0 saturated carbocycles. The van der Waals surface area contributed by atoms with Crippen LogP contribution in [0.1, 0.15) is 5.82 Å². The smallest absolute Gasteiger partial charge is 0.131 e. The Labute approximate surface area is 116 Å². The van der Waals surface area contributed by atoms with E-state index in [-0.39, 0.29) is 0 Å². The van der Waals surface area contributed by atoms with Crippen LogP contribution < -0.4 is 5.73 Å². The summed E-state index contributed by atoms with van der Waals surface area (Å²) < 4.78 is 9.14. The molecule has 6 nitrogen and oxygen atoms in total. The Balaban J connectivity index is 1.99. The number of aromatic nitrogens is 4. The zero-order valence-corrected chi connectivity index (χ0v) is 11.4. The number of imidazole rings is 1. The minimum atomic E-state index is 0.593. The second-order valence-electron chi connectivity index (χ2n) is 4.63. The molecule has 3 aromatic rings. The van der Waals surface area contributed by atoms with Crippen molar-refractivity contribution in [2.24, 2.45) is 0 Å². The molecule has 0 aliphatic rings. The lowest BCUT2D eigenvalue weighted by atomic mass is 10.3. The number of nitrogens with two attached hydrogens (primary N) is 1. The Morgan fingerprint density at radius 1 is 1.30 bits per heavy atom. The number of benzene rings is 1. The first kappa shape index (κ1) is 12.7. The summed E-state index contributed by atoms with van der Waals surface area (Å²) in [6.45, 7) is 2.01. The van der Waals surface area contributed by atoms with E-state index in [0.717, 1.165) is 23.4 Å². The van der Waals surface area contributed by atoms with Gasteiger partial charge in [-0.15, -0.1) is 0 Å². The number of hydrogen-bond donors (Lipinski definition) is 1. The molecule has 1 aromatic carbocycles. The number of fused-ring (bicyclic) bond motifs is 1. The maximum atomic E-state index is 5.70. The van der Waals surface area contributed by atoms with E-state index in [1.54, 1.807) is 24.2 Å². The molecule has 2 heterocycles. The van der Waals surface area contributed by atoms with Crippen molar-refractivity contribution in [3.63, 3.8) is 0 Å². The number of hydrogen-bond acceptors (Lipinski definition) is 4. The van der Waals surface area contributed by atoms with Crippen molar-refractivity contribution in [2.75, 3.05) is 19.5 Å². The maximum Gasteiger partial charge on any atom is 0.131 e. The Hall–Kier alpha value is -2.34. The molecule has 0 unspecified atom stereocenters. The SMILES string of the molecule is COCCn1c(Cn2cc(N)cn2)nc2ccccc21. The van der Waals surface area contributed by atoms with Crippen LogP contribution in [0.5, 0.6) is 0 Å². The van der Waals surface area contributed by atoms with Crippen molar-refractivity contribution in [1.29, 1.82) is 0 Å². The topological polar surface area (TPSA) is 70.9 Å². The van der Waals surface area contributed by atoms with Gasteiger partial charge >= 0.3 is 0 Å². The first-order valence-electron chi connectivity index (χ1n) is 6.49. The molecule has 104 valence electrons. The van der Waals surface area contributed by atoms with Crippen molar-refractivity contribution in [3.05, 3.63) is 42.5 Å². The second kappa shape index (κ2) is 5.34. The number of anilines is 1. The lowest BCUT2D eigenvalue weighted by Gasteiger charge is -2.08. The molecule has 0 spiro atoms. The molecule has 6 heteroatoms. The fourth-order valence-corrected chi connectivity index (χ4v) is 2.29. The van der Waals surface area contributed by atoms with E-state index in [0.29, 0.717) is 18.8 Å². The fourth-order valence-electron chi connectivity index (χ4n) is 2.29. The molecular formula is C14H17N5O. The molecule has 20 heavy (non-hydrogen) atoms. The summed E-state index contributed by atoms with van der Waals surface area (Å²) in [5.74, 6) is 0.950. The summed E-state index contributed by atoms with van der Waals surface area (Å²) in [4.78, 5) is 4.68. The molecule has 0 fully saturated rings. The van der Waals surface area contributed by atoms with Gasteiger partial charge in [0.1, 0.15) is 5.82 Å². The standard InChI is InChI=1S/C14H17N5O/c1-20-7-6-19-13-5-3-2-4-12(13)17-14(19)10-18-9-11(15)8-16-18/h2-5,8-9H,6-7,10,15H2,1H3. The van der Waals surface area contributed by atoms with Crippen LogP contribution in [0.4, 0.5) is 5.69 Å². The van der Waals surface area contributed by atoms with Crippen LogP contribution in [-0.4, -0.2) is 33.0 Å². The highest BCUT2D eigenvalue weighted by Crippen LogP contribution is 2.17. The van der Waals surface area contributed by atoms with Gasteiger partial charge in [0.15, 0.2) is 0 Å². The lowest BCUT2D eigenvalue weighted by molar-refractivity contribution is 0.187. The summed E-state index contributed by atoms with van der Waals surface area (Å²) in [5, 5.41) is 4.21. The zero-order valence-electron chi connectivity index (χ0n) is 11.4. The molecule has 0 radical (unpaired) electrons. The summed E-state index contributed by atoms with van der Waals surface area (Å²) in [5.41, 5.74) is 8.45. The third-order valence-electron chi connectivity index (χ3n) is 3.21. The quantitative estimate of drug-likeness (QED) is 0.763. The van der Waals surface area contributed by atoms with Gasteiger partial charge in [-0.05, 0) is 12.1 Å². The maximum absolute atomic E-state index is 5.70. The van der Waals surface area contributed by atoms with Gasteiger partial charge in [-0.1, -0.05) is 12.1 Å². The largest absolute Gasteiger partial charge is 0.396 e. The van der Waals surface area contributed by atoms with E-state index in [4.69, 9.17) is 10.5 Å². The fraction of sp³-hybridized carbons (Fsp3) is 0.286. The lowest BCUT2D eigenvalue weighted by Crippen LogP contribution is -2.12. The summed E-state index contributed by atoms with van der Waals surface area (Å²) >= 11 is 0. The van der Waals surface area contributed by atoms with Crippen molar-refractivity contribution in [3.8, 4) is 0 Å². The molecule has 2 aromatic heterocycles. The number of ether oxygens (including phenoxy) is 1. The van der Waals surface area contributed by atoms with E-state index in [1.807, 2.05) is 18.2 Å². The highest BCUT2D eigenvalue weighted by molar-refractivity contribution is 5.75. The third-order valence-corrected chi connectivity index (χ3v) is 3.21. The van der Waals surface area contributed by atoms with Crippen molar-refractivity contribution in [2.45, 2.75) is 13.1 Å². The van der Waals surface area contributed by atoms with E-state index >= 15 is 0 Å². The Bertz CT molecular complexity index is 715. The molecule has 3 rings (SSSR count). The third kappa shape index (κ3) is 2.37.